The van der Waals surface area contributed by atoms with E-state index in [1.54, 1.807) is 0 Å². The van der Waals surface area contributed by atoms with E-state index in [2.05, 4.69) is 17.4 Å². The predicted molar refractivity (Wildman–Crippen MR) is 35.7 cm³/mol. The van der Waals surface area contributed by atoms with Gasteiger partial charge in [0, 0.05) is 5.75 Å². The van der Waals surface area contributed by atoms with Crippen LogP contribution in [0.4, 0.5) is 4.39 Å². The lowest BCUT2D eigenvalue weighted by Crippen LogP contribution is -2.43. The van der Waals surface area contributed by atoms with Crippen molar-refractivity contribution < 1.29 is 19.3 Å². The molecule has 5 heteroatoms. The Hall–Kier alpha value is 0.160. The molecule has 0 spiro atoms. The summed E-state index contributed by atoms with van der Waals surface area (Å²) in [6.07, 6.45) is -2.45. The summed E-state index contributed by atoms with van der Waals surface area (Å²) in [6.45, 7) is -0.168. The first kappa shape index (κ1) is 8.26. The van der Waals surface area contributed by atoms with Crippen LogP contribution in [0.15, 0.2) is 0 Å². The highest BCUT2D eigenvalue weighted by Gasteiger charge is 2.49. The molecule has 0 amide bonds. The van der Waals surface area contributed by atoms with Crippen molar-refractivity contribution in [3.8, 4) is 0 Å². The summed E-state index contributed by atoms with van der Waals surface area (Å²) in [5.74, 6) is -2.56. The van der Waals surface area contributed by atoms with Crippen LogP contribution >= 0.6 is 12.6 Å². The minimum Gasteiger partial charge on any atom is -0.385 e. The Morgan fingerprint density at radius 3 is 2.60 bits per heavy atom. The highest BCUT2D eigenvalue weighted by molar-refractivity contribution is 7.80. The standard InChI is InChI=1S/C5H9FO3S/c6-5(8)3(7)1-9-4(5)2-10/h3-4,7-8,10H,1-2H2/t3-,4+,5+/m0/s1. The van der Waals surface area contributed by atoms with E-state index in [0.29, 0.717) is 0 Å². The van der Waals surface area contributed by atoms with Gasteiger partial charge in [0.1, 0.15) is 12.2 Å². The van der Waals surface area contributed by atoms with Gasteiger partial charge in [0.25, 0.3) is 5.85 Å². The fourth-order valence-corrected chi connectivity index (χ4v) is 1.20. The van der Waals surface area contributed by atoms with Crippen LogP contribution in [0.1, 0.15) is 0 Å². The molecule has 0 unspecified atom stereocenters. The summed E-state index contributed by atoms with van der Waals surface area (Å²) in [5.41, 5.74) is 0. The zero-order valence-electron chi connectivity index (χ0n) is 5.20. The molecule has 1 heterocycles. The first-order chi connectivity index (χ1) is 4.59. The van der Waals surface area contributed by atoms with Crippen molar-refractivity contribution in [3.05, 3.63) is 0 Å². The Morgan fingerprint density at radius 1 is 1.80 bits per heavy atom. The number of aliphatic hydroxyl groups excluding tert-OH is 1. The fraction of sp³-hybridized carbons (Fsp3) is 1.00. The van der Waals surface area contributed by atoms with Gasteiger partial charge in [-0.25, -0.2) is 4.39 Å². The van der Waals surface area contributed by atoms with Crippen molar-refractivity contribution >= 4 is 12.6 Å². The van der Waals surface area contributed by atoms with E-state index in [0.717, 1.165) is 0 Å². The van der Waals surface area contributed by atoms with Gasteiger partial charge < -0.3 is 14.9 Å². The number of aliphatic hydroxyl groups is 2. The summed E-state index contributed by atoms with van der Waals surface area (Å²) >= 11 is 3.73. The van der Waals surface area contributed by atoms with Crippen molar-refractivity contribution in [1.29, 1.82) is 0 Å². The van der Waals surface area contributed by atoms with Gasteiger partial charge >= 0.3 is 0 Å². The lowest BCUT2D eigenvalue weighted by molar-refractivity contribution is -0.167. The van der Waals surface area contributed by atoms with Crippen LogP contribution in [0, 0.1) is 0 Å². The Morgan fingerprint density at radius 2 is 2.40 bits per heavy atom. The van der Waals surface area contributed by atoms with Crippen LogP contribution in [0.5, 0.6) is 0 Å². The molecule has 10 heavy (non-hydrogen) atoms. The van der Waals surface area contributed by atoms with Gasteiger partial charge in [0.15, 0.2) is 0 Å². The third kappa shape index (κ3) is 1.14. The van der Waals surface area contributed by atoms with Gasteiger partial charge in [-0.2, -0.15) is 12.6 Å². The molecule has 0 radical (unpaired) electrons. The van der Waals surface area contributed by atoms with Gasteiger partial charge in [-0.3, -0.25) is 0 Å². The van der Waals surface area contributed by atoms with E-state index < -0.39 is 18.1 Å². The molecule has 0 aliphatic carbocycles. The molecule has 0 aromatic heterocycles. The first-order valence-corrected chi connectivity index (χ1v) is 3.54. The van der Waals surface area contributed by atoms with Crippen molar-refractivity contribution in [2.24, 2.45) is 0 Å². The number of rotatable bonds is 1. The maximum absolute atomic E-state index is 12.8. The number of halogens is 1. The second-order valence-corrected chi connectivity index (χ2v) is 2.61. The third-order valence-corrected chi connectivity index (χ3v) is 1.87. The summed E-state index contributed by atoms with van der Waals surface area (Å²) in [4.78, 5) is 0. The van der Waals surface area contributed by atoms with Gasteiger partial charge in [-0.15, -0.1) is 0 Å². The molecule has 1 fully saturated rings. The maximum Gasteiger partial charge on any atom is 0.262 e. The summed E-state index contributed by atoms with van der Waals surface area (Å²) in [5, 5.41) is 17.6. The van der Waals surface area contributed by atoms with Crippen LogP contribution < -0.4 is 0 Å². The predicted octanol–water partition coefficient (Wildman–Crippen LogP) is -0.666. The molecule has 1 rings (SSSR count). The first-order valence-electron chi connectivity index (χ1n) is 2.91. The van der Waals surface area contributed by atoms with E-state index in [-0.39, 0.29) is 12.4 Å². The minimum atomic E-state index is -2.62. The SMILES string of the molecule is O[C@H]1CO[C@H](CS)[C@@]1(O)F. The average Bonchev–Trinajstić information content (AvgIpc) is 2.10. The minimum absolute atomic E-state index is 0.0596. The molecule has 3 nitrogen and oxygen atoms in total. The fourth-order valence-electron chi connectivity index (χ4n) is 0.836. The number of ether oxygens (including phenoxy) is 1. The average molecular weight is 168 g/mol. The molecular formula is C5H9FO3S. The molecule has 0 saturated carbocycles. The van der Waals surface area contributed by atoms with Gasteiger partial charge in [-0.1, -0.05) is 0 Å². The monoisotopic (exact) mass is 168 g/mol. The molecule has 0 aromatic carbocycles. The highest BCUT2D eigenvalue weighted by Crippen LogP contribution is 2.28. The van der Waals surface area contributed by atoms with E-state index in [1.807, 2.05) is 0 Å². The molecule has 1 saturated heterocycles. The molecular weight excluding hydrogens is 159 g/mol. The van der Waals surface area contributed by atoms with Crippen LogP contribution in [-0.4, -0.2) is 40.6 Å². The van der Waals surface area contributed by atoms with Crippen molar-refractivity contribution in [1.82, 2.24) is 0 Å². The Balaban J connectivity index is 2.64. The van der Waals surface area contributed by atoms with Crippen LogP contribution in [-0.2, 0) is 4.74 Å². The Labute approximate surface area is 63.2 Å². The van der Waals surface area contributed by atoms with Crippen LogP contribution in [0.3, 0.4) is 0 Å². The van der Waals surface area contributed by atoms with Gasteiger partial charge in [0.2, 0.25) is 0 Å². The van der Waals surface area contributed by atoms with Gasteiger partial charge in [-0.05, 0) is 0 Å². The zero-order chi connectivity index (χ0) is 7.78. The molecule has 0 bridgehead atoms. The highest BCUT2D eigenvalue weighted by atomic mass is 32.1. The van der Waals surface area contributed by atoms with E-state index >= 15 is 0 Å². The summed E-state index contributed by atoms with van der Waals surface area (Å²) < 4.78 is 17.5. The molecule has 60 valence electrons. The Kier molecular flexibility index (Phi) is 2.19. The smallest absolute Gasteiger partial charge is 0.262 e. The number of alkyl halides is 1. The topological polar surface area (TPSA) is 49.7 Å². The van der Waals surface area contributed by atoms with Crippen LogP contribution in [0.25, 0.3) is 0 Å². The quantitative estimate of drug-likeness (QED) is 0.455. The van der Waals surface area contributed by atoms with E-state index in [1.165, 1.54) is 0 Å². The second kappa shape index (κ2) is 2.65. The molecule has 2 N–H and O–H groups in total. The largest absolute Gasteiger partial charge is 0.385 e. The molecule has 1 aliphatic heterocycles. The molecule has 3 atom stereocenters. The third-order valence-electron chi connectivity index (χ3n) is 1.54. The molecule has 0 aromatic rings. The van der Waals surface area contributed by atoms with E-state index in [9.17, 15) is 4.39 Å². The van der Waals surface area contributed by atoms with E-state index in [4.69, 9.17) is 10.2 Å². The molecule has 1 aliphatic rings. The van der Waals surface area contributed by atoms with Crippen molar-refractivity contribution in [3.63, 3.8) is 0 Å². The summed E-state index contributed by atoms with van der Waals surface area (Å²) in [6, 6.07) is 0. The maximum atomic E-state index is 12.8. The Bertz CT molecular complexity index is 130. The van der Waals surface area contributed by atoms with Crippen molar-refractivity contribution in [2.45, 2.75) is 18.1 Å². The lowest BCUT2D eigenvalue weighted by atomic mass is 10.1. The van der Waals surface area contributed by atoms with Crippen LogP contribution in [0.2, 0.25) is 0 Å². The summed E-state index contributed by atoms with van der Waals surface area (Å²) in [7, 11) is 0. The number of hydrogen-bond acceptors (Lipinski definition) is 4. The number of hydrogen-bond donors (Lipinski definition) is 3. The second-order valence-electron chi connectivity index (χ2n) is 2.25. The van der Waals surface area contributed by atoms with Crippen molar-refractivity contribution in [2.75, 3.05) is 12.4 Å². The van der Waals surface area contributed by atoms with Gasteiger partial charge in [0.05, 0.1) is 6.61 Å². The number of thiol groups is 1. The lowest BCUT2D eigenvalue weighted by Gasteiger charge is -2.19. The zero-order valence-corrected chi connectivity index (χ0v) is 6.09. The normalized spacial score (nSPS) is 48.0.